The Morgan fingerprint density at radius 2 is 1.47 bits per heavy atom. The smallest absolute Gasteiger partial charge is 0.246 e. The molecule has 4 saturated carbocycles. The highest BCUT2D eigenvalue weighted by atomic mass is 32.2. The van der Waals surface area contributed by atoms with Gasteiger partial charge >= 0.3 is 0 Å². The Morgan fingerprint density at radius 1 is 0.808 bits per heavy atom. The molecule has 18 nitrogen and oxygen atoms in total. The molecule has 7 N–H and O–H groups in total. The number of nitrogens with zero attached hydrogens (tertiary/aromatic N) is 4. The highest BCUT2D eigenvalue weighted by molar-refractivity contribution is 8.17. The zero-order chi connectivity index (χ0) is 54.3. The number of piperidine rings is 1. The van der Waals surface area contributed by atoms with Gasteiger partial charge in [0.1, 0.15) is 32.5 Å². The van der Waals surface area contributed by atoms with Crippen LogP contribution in [0.15, 0.2) is 33.2 Å². The van der Waals surface area contributed by atoms with Crippen molar-refractivity contribution in [1.82, 2.24) is 36.4 Å². The van der Waals surface area contributed by atoms with Crippen LogP contribution in [0, 0.1) is 11.8 Å². The topological polar surface area (TPSA) is 228 Å². The zero-order valence-electron chi connectivity index (χ0n) is 46.3. The van der Waals surface area contributed by atoms with Crippen LogP contribution in [-0.2, 0) is 40.5 Å². The predicted octanol–water partition coefficient (Wildman–Crippen LogP) is 5.77. The van der Waals surface area contributed by atoms with Crippen LogP contribution in [0.2, 0.25) is 0 Å². The van der Waals surface area contributed by atoms with Gasteiger partial charge in [-0.25, -0.2) is 0 Å². The lowest BCUT2D eigenvalue weighted by Gasteiger charge is -2.64. The Labute approximate surface area is 470 Å². The van der Waals surface area contributed by atoms with Crippen LogP contribution >= 0.6 is 23.5 Å². The van der Waals surface area contributed by atoms with Gasteiger partial charge in [0.15, 0.2) is 21.8 Å². The van der Waals surface area contributed by atoms with Crippen LogP contribution in [0.1, 0.15) is 153 Å². The molecule has 4 heterocycles. The van der Waals surface area contributed by atoms with Crippen LogP contribution in [0.5, 0.6) is 11.5 Å². The average molecular weight is 1120 g/mol. The summed E-state index contributed by atoms with van der Waals surface area (Å²) < 4.78 is 17.5. The summed E-state index contributed by atoms with van der Waals surface area (Å²) in [6.45, 7) is 8.06. The fourth-order valence-corrected chi connectivity index (χ4v) is 16.1. The fourth-order valence-electron chi connectivity index (χ4n) is 13.9. The van der Waals surface area contributed by atoms with Crippen molar-refractivity contribution in [2.24, 2.45) is 21.8 Å². The van der Waals surface area contributed by atoms with Crippen molar-refractivity contribution >= 4 is 57.5 Å². The number of rotatable bonds is 26. The second kappa shape index (κ2) is 25.8. The van der Waals surface area contributed by atoms with Crippen molar-refractivity contribution in [2.45, 2.75) is 196 Å². The number of aromatic hydroxyl groups is 1. The number of unbranched alkanes of at least 4 members (excludes halogenated alkanes) is 5. The number of amidine groups is 2. The predicted molar refractivity (Wildman–Crippen MR) is 305 cm³/mol. The van der Waals surface area contributed by atoms with E-state index in [-0.39, 0.29) is 79.5 Å². The van der Waals surface area contributed by atoms with Crippen molar-refractivity contribution in [3.8, 4) is 11.5 Å². The highest BCUT2D eigenvalue weighted by Gasteiger charge is 2.73. The fraction of sp³-hybridized carbons (Fsp3) is 0.759. The lowest BCUT2D eigenvalue weighted by atomic mass is 9.48. The van der Waals surface area contributed by atoms with Crippen LogP contribution in [0.25, 0.3) is 0 Å². The molecule has 10 rings (SSSR count). The number of likely N-dealkylation sites (tertiary alicyclic amines) is 1. The Bertz CT molecular complexity index is 2410. The Kier molecular flexibility index (Phi) is 18.9. The molecule has 9 aliphatic rings. The van der Waals surface area contributed by atoms with Gasteiger partial charge in [-0.05, 0) is 139 Å². The van der Waals surface area contributed by atoms with Crippen molar-refractivity contribution in [2.75, 3.05) is 71.4 Å². The lowest BCUT2D eigenvalue weighted by Crippen LogP contribution is -2.78. The number of hydrogen-bond donors (Lipinski definition) is 7. The minimum atomic E-state index is -1.03. The number of fused-ring (bicyclic) bond motifs is 1. The molecule has 4 amide bonds. The molecule has 1 spiro atoms. The van der Waals surface area contributed by atoms with E-state index < -0.39 is 17.1 Å². The summed E-state index contributed by atoms with van der Waals surface area (Å²) in [5, 5.41) is 43.7. The number of ether oxygens (including phenoxy) is 3. The molecule has 5 atom stereocenters. The summed E-state index contributed by atoms with van der Waals surface area (Å²) in [6.07, 6.45) is 20.4. The average Bonchev–Trinajstić information content (AvgIpc) is 2.60. The summed E-state index contributed by atoms with van der Waals surface area (Å²) in [7, 11) is 0. The van der Waals surface area contributed by atoms with Crippen molar-refractivity contribution in [1.29, 1.82) is 0 Å². The van der Waals surface area contributed by atoms with E-state index in [1.807, 2.05) is 17.8 Å². The van der Waals surface area contributed by atoms with Crippen molar-refractivity contribution in [3.05, 3.63) is 34.4 Å². The van der Waals surface area contributed by atoms with E-state index in [1.54, 1.807) is 17.8 Å². The van der Waals surface area contributed by atoms with E-state index in [2.05, 4.69) is 55.6 Å². The Morgan fingerprint density at radius 3 is 2.18 bits per heavy atom. The van der Waals surface area contributed by atoms with Crippen molar-refractivity contribution in [3.63, 3.8) is 0 Å². The molecule has 2 bridgehead atoms. The third kappa shape index (κ3) is 13.6. The molecule has 5 fully saturated rings. The van der Waals surface area contributed by atoms with E-state index in [0.29, 0.717) is 62.5 Å². The van der Waals surface area contributed by atoms with Gasteiger partial charge < -0.3 is 55.9 Å². The highest BCUT2D eigenvalue weighted by Crippen LogP contribution is 2.65. The molecule has 1 aromatic carbocycles. The minimum Gasteiger partial charge on any atom is -0.504 e. The first-order valence-electron chi connectivity index (χ1n) is 29.7. The first-order valence-corrected chi connectivity index (χ1v) is 31.6. The number of phenolic OH excluding ortho intramolecular Hbond substituents is 1. The van der Waals surface area contributed by atoms with E-state index in [1.165, 1.54) is 50.6 Å². The van der Waals surface area contributed by atoms with Gasteiger partial charge in [0.05, 0.1) is 28.6 Å². The molecule has 4 aliphatic heterocycles. The molecule has 0 unspecified atom stereocenters. The number of carbonyl (C=O) groups is 4. The van der Waals surface area contributed by atoms with E-state index >= 15 is 0 Å². The summed E-state index contributed by atoms with van der Waals surface area (Å²) in [4.78, 5) is 65.7. The number of hydrogen-bond acceptors (Lipinski definition) is 15. The van der Waals surface area contributed by atoms with Crippen LogP contribution in [0.4, 0.5) is 0 Å². The second-order valence-electron chi connectivity index (χ2n) is 24.5. The number of aliphatic imine (C=N–C) groups is 2. The third-order valence-electron chi connectivity index (χ3n) is 18.1. The molecule has 5 aliphatic carbocycles. The standard InChI is InChI=1S/C58H87N9O9S2/c1-56(2)37-67-43(36-78-55(67)65-56)35-77-54(62-41-12-8-7-9-13-41)63-42-19-16-38(17-20-42)29-61-49(71)33-74-31-47(69)59-25-10-5-3-4-6-11-26-60-48(70)32-75-34-50(72)64-44-22-23-58(73)46-28-40-18-21-45(68)52-51(40)57(58,53(44)76-52)24-27-66(46)30-39-14-15-39/h18,21,36,38-39,41-42,44,46,53,68,73H,3-17,19-20,22-35,37H2,1-2H3,(H,59,69)(H,60,70)(H,61,71)(H,62,63)(H,64,72)/t38?,42?,44-,46-,53+,57+,58-/m1/s1. The number of aliphatic hydroxyl groups is 1. The summed E-state index contributed by atoms with van der Waals surface area (Å²) in [5.74, 6) is 1.46. The van der Waals surface area contributed by atoms with Gasteiger partial charge in [-0.15, -0.1) is 0 Å². The van der Waals surface area contributed by atoms with Gasteiger partial charge in [0.2, 0.25) is 23.6 Å². The molecule has 1 aromatic rings. The summed E-state index contributed by atoms with van der Waals surface area (Å²) in [5.41, 5.74) is 1.57. The van der Waals surface area contributed by atoms with Gasteiger partial charge in [-0.2, -0.15) is 0 Å². The normalized spacial score (nSPS) is 28.9. The number of carbonyl (C=O) groups excluding carboxylic acids is 4. The number of nitrogens with one attached hydrogen (secondary N) is 5. The zero-order valence-corrected chi connectivity index (χ0v) is 47.9. The Hall–Kier alpha value is -4.08. The first-order chi connectivity index (χ1) is 37.8. The maximum Gasteiger partial charge on any atom is 0.246 e. The third-order valence-corrected chi connectivity index (χ3v) is 20.0. The molecule has 78 heavy (non-hydrogen) atoms. The molecular formula is C58H87N9O9S2. The Balaban J connectivity index is 0.527. The van der Waals surface area contributed by atoms with Gasteiger partial charge in [-0.3, -0.25) is 34.1 Å². The number of amides is 4. The summed E-state index contributed by atoms with van der Waals surface area (Å²) in [6, 6.07) is 4.03. The minimum absolute atomic E-state index is 0.0347. The molecule has 20 heteroatoms. The molecular weight excluding hydrogens is 1030 g/mol. The number of phenols is 1. The van der Waals surface area contributed by atoms with Crippen LogP contribution in [0.3, 0.4) is 0 Å². The number of benzene rings is 1. The van der Waals surface area contributed by atoms with E-state index in [4.69, 9.17) is 24.2 Å². The second-order valence-corrected chi connectivity index (χ2v) is 26.3. The first kappa shape index (κ1) is 57.2. The van der Waals surface area contributed by atoms with Gasteiger partial charge in [0.25, 0.3) is 0 Å². The summed E-state index contributed by atoms with van der Waals surface area (Å²) >= 11 is 3.57. The SMILES string of the molecule is CC1(C)CN2C(CSC(=NC3CCC(CNC(=O)COCC(=O)NCCCCCCCCNC(=O)COCC(=O)N[C@@H]4CC[C@@]5(O)[C@H]6Cc7ccc(O)c8c7[C@@]5(CCN6CC5CC5)[C@H]4O8)CC3)NC3CCCCC3)=CSC2=N1. The number of thioether (sulfide) groups is 2. The van der Waals surface area contributed by atoms with Crippen LogP contribution < -0.4 is 31.3 Å². The molecule has 0 aromatic heterocycles. The maximum absolute atomic E-state index is 13.2. The maximum atomic E-state index is 13.2. The molecule has 1 saturated heterocycles. The monoisotopic (exact) mass is 1120 g/mol. The lowest BCUT2D eigenvalue weighted by molar-refractivity contribution is -0.192. The van der Waals surface area contributed by atoms with Crippen molar-refractivity contribution < 1.29 is 43.6 Å². The largest absolute Gasteiger partial charge is 0.504 e. The molecule has 430 valence electrons. The quantitative estimate of drug-likeness (QED) is 0.0332. The van der Waals surface area contributed by atoms with Gasteiger partial charge in [0, 0.05) is 61.8 Å². The van der Waals surface area contributed by atoms with Gasteiger partial charge in [-0.1, -0.05) is 74.5 Å². The van der Waals surface area contributed by atoms with Crippen LogP contribution in [-0.4, -0.2) is 167 Å². The van der Waals surface area contributed by atoms with E-state index in [0.717, 1.165) is 117 Å². The molecule has 0 radical (unpaired) electrons. The van der Waals surface area contributed by atoms with E-state index in [9.17, 15) is 29.4 Å².